The van der Waals surface area contributed by atoms with Crippen LogP contribution in [-0.4, -0.2) is 15.0 Å². The molecule has 0 N–H and O–H groups in total. The fourth-order valence-electron chi connectivity index (χ4n) is 0.595. The molecule has 0 aliphatic carbocycles. The summed E-state index contributed by atoms with van der Waals surface area (Å²) in [4.78, 5) is 0. The summed E-state index contributed by atoms with van der Waals surface area (Å²) in [6.45, 7) is 12.0. The normalized spacial score (nSPS) is 9.14. The van der Waals surface area contributed by atoms with Gasteiger partial charge < -0.3 is 0 Å². The van der Waals surface area contributed by atoms with Crippen LogP contribution >= 0.6 is 18.8 Å². The molecule has 0 bridgehead atoms. The van der Waals surface area contributed by atoms with Crippen molar-refractivity contribution in [2.45, 2.75) is 37.3 Å². The van der Waals surface area contributed by atoms with Gasteiger partial charge in [-0.2, -0.15) is 0 Å². The first-order chi connectivity index (χ1) is 6.54. The first-order valence-electron chi connectivity index (χ1n) is 4.23. The van der Waals surface area contributed by atoms with Crippen LogP contribution in [0.4, 0.5) is 0 Å². The van der Waals surface area contributed by atoms with Crippen molar-refractivity contribution in [3.8, 4) is 0 Å². The average Bonchev–Trinajstić information content (AvgIpc) is 2.04. The van der Waals surface area contributed by atoms with Gasteiger partial charge in [-0.3, -0.25) is 0 Å². The molecule has 0 spiro atoms. The summed E-state index contributed by atoms with van der Waals surface area (Å²) in [5, 5.41) is 2.71. The molecule has 0 radical (unpaired) electrons. The summed E-state index contributed by atoms with van der Waals surface area (Å²) in [7, 11) is 9.75. The Labute approximate surface area is 111 Å². The van der Waals surface area contributed by atoms with Gasteiger partial charge in [0.25, 0.3) is 0 Å². The van der Waals surface area contributed by atoms with Crippen LogP contribution in [0, 0.1) is 0 Å². The number of halogens is 2. The monoisotopic (exact) mass is 483 g/mol. The molecule has 0 saturated heterocycles. The Morgan fingerprint density at radius 2 is 1.36 bits per heavy atom. The van der Waals surface area contributed by atoms with Gasteiger partial charge in [0, 0.05) is 0 Å². The van der Waals surface area contributed by atoms with Crippen molar-refractivity contribution in [2.75, 3.05) is 0 Å². The van der Waals surface area contributed by atoms with E-state index in [1.165, 1.54) is 34.6 Å². The van der Waals surface area contributed by atoms with Crippen LogP contribution in [0.3, 0.4) is 0 Å². The summed E-state index contributed by atoms with van der Waals surface area (Å²) in [6.07, 6.45) is 2.44. The number of rotatable bonds is 6. The Morgan fingerprint density at radius 1 is 1.07 bits per heavy atom. The van der Waals surface area contributed by atoms with Crippen molar-refractivity contribution in [3.05, 3.63) is 24.3 Å². The third-order valence-corrected chi connectivity index (χ3v) is 3.41. The van der Waals surface area contributed by atoms with Gasteiger partial charge >= 0.3 is 112 Å². The van der Waals surface area contributed by atoms with Crippen LogP contribution in [0.25, 0.3) is 0 Å². The third-order valence-electron chi connectivity index (χ3n) is 1.35. The van der Waals surface area contributed by atoms with E-state index in [0.29, 0.717) is 0 Å². The van der Waals surface area contributed by atoms with Crippen LogP contribution in [0.5, 0.6) is 0 Å². The fraction of sp³-hybridized carbons (Fsp3) is 0.600. The topological polar surface area (TPSA) is 0 Å². The molecule has 0 aliphatic heterocycles. The van der Waals surface area contributed by atoms with E-state index in [4.69, 9.17) is 18.8 Å². The van der Waals surface area contributed by atoms with Gasteiger partial charge in [0.2, 0.25) is 0 Å². The maximum absolute atomic E-state index is 4.88. The van der Waals surface area contributed by atoms with E-state index in [0.717, 1.165) is 15.0 Å². The van der Waals surface area contributed by atoms with E-state index >= 15 is 0 Å². The molecule has 0 aromatic heterocycles. The van der Waals surface area contributed by atoms with E-state index in [1.54, 1.807) is 0 Å². The molecule has 0 nitrogen and oxygen atoms in total. The van der Waals surface area contributed by atoms with Gasteiger partial charge in [0.15, 0.2) is 0 Å². The molecule has 14 heavy (non-hydrogen) atoms. The molecule has 0 atom stereocenters. The second-order valence-electron chi connectivity index (χ2n) is 3.07. The third kappa shape index (κ3) is 23.2. The fourth-order valence-corrected chi connectivity index (χ4v) is 3.09. The van der Waals surface area contributed by atoms with Gasteiger partial charge in [0.05, 0.1) is 0 Å². The number of hydrogen-bond acceptors (Lipinski definition) is 0. The zero-order valence-electron chi connectivity index (χ0n) is 8.72. The molecule has 0 aromatic carbocycles. The second-order valence-corrected chi connectivity index (χ2v) is 8.92. The molecule has 0 saturated carbocycles. The molecule has 0 aromatic rings. The molecule has 0 aliphatic rings. The molecule has 88 valence electrons. The number of allylic oxidation sites excluding steroid dienone is 2. The van der Waals surface area contributed by atoms with Gasteiger partial charge in [-0.25, -0.2) is 0 Å². The summed E-state index contributed by atoms with van der Waals surface area (Å²) in [5.74, 6) is 0. The van der Waals surface area contributed by atoms with Crippen molar-refractivity contribution in [3.63, 3.8) is 0 Å². The van der Waals surface area contributed by atoms with E-state index in [2.05, 4.69) is 27.0 Å². The zero-order chi connectivity index (χ0) is 11.4. The van der Waals surface area contributed by atoms with Crippen molar-refractivity contribution in [2.24, 2.45) is 0 Å². The Kier molecular flexibility index (Phi) is 18.0. The standard InChI is InChI=1S/C10H18Se.2ClH.Pt/c1-9(2)5-7-11-8-6-10(3)4;;;/h1,3,5-8H2,2,4H3;2*1H;/q;;;+2/p-2. The molecule has 0 heterocycles. The van der Waals surface area contributed by atoms with Gasteiger partial charge in [-0.1, -0.05) is 0 Å². The zero-order valence-corrected chi connectivity index (χ0v) is 14.2. The first-order valence-corrected chi connectivity index (χ1v) is 12.3. The molecule has 0 fully saturated rings. The first kappa shape index (κ1) is 17.7. The predicted octanol–water partition coefficient (Wildman–Crippen LogP) is 4.84. The quantitative estimate of drug-likeness (QED) is 0.289. The van der Waals surface area contributed by atoms with Crippen LogP contribution in [0.1, 0.15) is 26.7 Å². The van der Waals surface area contributed by atoms with Gasteiger partial charge in [0.1, 0.15) is 0 Å². The summed E-state index contributed by atoms with van der Waals surface area (Å²) in [5.41, 5.74) is 2.64. The maximum atomic E-state index is 4.88. The Bertz CT molecular complexity index is 144. The van der Waals surface area contributed by atoms with Crippen LogP contribution < -0.4 is 0 Å². The molecule has 0 rings (SSSR count). The second kappa shape index (κ2) is 14.3. The van der Waals surface area contributed by atoms with Crippen molar-refractivity contribution < 1.29 is 16.5 Å². The minimum absolute atomic E-state index is 0.472. The van der Waals surface area contributed by atoms with E-state index in [1.807, 2.05) is 0 Å². The summed E-state index contributed by atoms with van der Waals surface area (Å²) >= 11 is 0.345. The predicted molar refractivity (Wildman–Crippen MR) is 65.9 cm³/mol. The van der Waals surface area contributed by atoms with Crippen molar-refractivity contribution in [1.29, 1.82) is 0 Å². The Balaban J connectivity index is 0. The molecular weight excluding hydrogens is 465 g/mol. The van der Waals surface area contributed by atoms with E-state index in [9.17, 15) is 0 Å². The van der Waals surface area contributed by atoms with Crippen molar-refractivity contribution in [1.82, 2.24) is 0 Å². The van der Waals surface area contributed by atoms with Gasteiger partial charge in [-0.15, -0.1) is 0 Å². The molecule has 0 amide bonds. The van der Waals surface area contributed by atoms with Crippen molar-refractivity contribution >= 4 is 33.8 Å². The summed E-state index contributed by atoms with van der Waals surface area (Å²) in [6, 6.07) is 0. The Hall–Kier alpha value is 1.27. The minimum atomic E-state index is -0.472. The van der Waals surface area contributed by atoms with Crippen LogP contribution in [-0.2, 0) is 16.5 Å². The SMILES string of the molecule is C=C(C)CC[Se]CCC(=C)C.[Cl][Pt][Cl]. The average molecular weight is 483 g/mol. The molecule has 0 unspecified atom stereocenters. The van der Waals surface area contributed by atoms with E-state index < -0.39 is 16.5 Å². The Morgan fingerprint density at radius 3 is 1.57 bits per heavy atom. The number of hydrogen-bond donors (Lipinski definition) is 0. The van der Waals surface area contributed by atoms with E-state index in [-0.39, 0.29) is 0 Å². The van der Waals surface area contributed by atoms with Crippen LogP contribution in [0.15, 0.2) is 24.3 Å². The molecular formula is C10H18Cl2PtSe. The van der Waals surface area contributed by atoms with Crippen LogP contribution in [0.2, 0.25) is 10.6 Å². The summed E-state index contributed by atoms with van der Waals surface area (Å²) < 4.78 is 0. The van der Waals surface area contributed by atoms with Gasteiger partial charge in [-0.05, 0) is 0 Å². The molecule has 4 heteroatoms.